The molecule has 1 aromatic rings. The number of aryl methyl sites for hydroxylation is 1. The van der Waals surface area contributed by atoms with Gasteiger partial charge >= 0.3 is 0 Å². The van der Waals surface area contributed by atoms with E-state index in [0.29, 0.717) is 45.1 Å². The first kappa shape index (κ1) is 15.0. The van der Waals surface area contributed by atoms with Gasteiger partial charge in [-0.05, 0) is 0 Å². The van der Waals surface area contributed by atoms with Crippen LogP contribution in [-0.2, 0) is 29.7 Å². The molecule has 7 nitrogen and oxygen atoms in total. The summed E-state index contributed by atoms with van der Waals surface area (Å²) in [4.78, 5) is 28.4. The lowest BCUT2D eigenvalue weighted by molar-refractivity contribution is -0.135. The fourth-order valence-electron chi connectivity index (χ4n) is 3.00. The molecule has 0 N–H and O–H groups in total. The number of hydrogen-bond donors (Lipinski definition) is 0. The largest absolute Gasteiger partial charge is 0.378 e. The van der Waals surface area contributed by atoms with E-state index in [4.69, 9.17) is 4.74 Å². The van der Waals surface area contributed by atoms with Crippen LogP contribution in [0.1, 0.15) is 35.6 Å². The quantitative estimate of drug-likeness (QED) is 0.793. The summed E-state index contributed by atoms with van der Waals surface area (Å²) in [6.07, 6.45) is 0. The third-order valence-electron chi connectivity index (χ3n) is 4.27. The molecule has 0 saturated carbocycles. The monoisotopic (exact) mass is 306 g/mol. The van der Waals surface area contributed by atoms with E-state index in [0.717, 1.165) is 11.3 Å². The molecule has 7 heteroatoms. The molecule has 2 aliphatic rings. The molecule has 120 valence electrons. The summed E-state index contributed by atoms with van der Waals surface area (Å²) < 4.78 is 7.02. The van der Waals surface area contributed by atoms with Crippen molar-refractivity contribution in [1.29, 1.82) is 0 Å². The highest BCUT2D eigenvalue weighted by Crippen LogP contribution is 2.27. The highest BCUT2D eigenvalue weighted by molar-refractivity contribution is 5.94. The van der Waals surface area contributed by atoms with Crippen molar-refractivity contribution in [2.45, 2.75) is 26.9 Å². The zero-order chi connectivity index (χ0) is 15.9. The van der Waals surface area contributed by atoms with Crippen LogP contribution in [0.25, 0.3) is 0 Å². The number of ether oxygens (including phenoxy) is 1. The number of carbonyl (C=O) groups excluding carboxylic acids is 2. The summed E-state index contributed by atoms with van der Waals surface area (Å²) in [5.41, 5.74) is 2.34. The van der Waals surface area contributed by atoms with Crippen molar-refractivity contribution in [3.8, 4) is 0 Å². The van der Waals surface area contributed by atoms with Crippen molar-refractivity contribution >= 4 is 11.8 Å². The van der Waals surface area contributed by atoms with Crippen LogP contribution < -0.4 is 0 Å². The van der Waals surface area contributed by atoms with E-state index in [1.165, 1.54) is 0 Å². The number of amides is 2. The molecule has 0 radical (unpaired) electrons. The predicted octanol–water partition coefficient (Wildman–Crippen LogP) is 0.391. The van der Waals surface area contributed by atoms with Gasteiger partial charge in [-0.25, -0.2) is 0 Å². The van der Waals surface area contributed by atoms with Crippen molar-refractivity contribution in [3.63, 3.8) is 0 Å². The van der Waals surface area contributed by atoms with Gasteiger partial charge in [-0.3, -0.25) is 14.3 Å². The number of aromatic nitrogens is 2. The number of hydrogen-bond acceptors (Lipinski definition) is 4. The molecular formula is C15H22N4O3. The van der Waals surface area contributed by atoms with Crippen molar-refractivity contribution in [3.05, 3.63) is 17.0 Å². The van der Waals surface area contributed by atoms with Gasteiger partial charge in [-0.1, -0.05) is 13.8 Å². The smallest absolute Gasteiger partial charge is 0.274 e. The first-order valence-corrected chi connectivity index (χ1v) is 7.69. The summed E-state index contributed by atoms with van der Waals surface area (Å²) in [6.45, 7) is 7.12. The Morgan fingerprint density at radius 3 is 2.45 bits per heavy atom. The van der Waals surface area contributed by atoms with Crippen molar-refractivity contribution in [2.24, 2.45) is 13.0 Å². The number of carbonyl (C=O) groups is 2. The van der Waals surface area contributed by atoms with Crippen LogP contribution in [0.4, 0.5) is 0 Å². The maximum Gasteiger partial charge on any atom is 0.274 e. The lowest BCUT2D eigenvalue weighted by Gasteiger charge is -2.26. The number of morpholine rings is 1. The molecule has 0 aliphatic carbocycles. The van der Waals surface area contributed by atoms with Gasteiger partial charge in [0.2, 0.25) is 5.91 Å². The Hall–Kier alpha value is -1.89. The molecule has 0 atom stereocenters. The minimum atomic E-state index is -0.0565. The van der Waals surface area contributed by atoms with Gasteiger partial charge < -0.3 is 14.5 Å². The predicted molar refractivity (Wildman–Crippen MR) is 79.0 cm³/mol. The molecule has 0 bridgehead atoms. The van der Waals surface area contributed by atoms with E-state index in [2.05, 4.69) is 5.10 Å². The summed E-state index contributed by atoms with van der Waals surface area (Å²) in [5, 5.41) is 4.39. The van der Waals surface area contributed by atoms with Crippen LogP contribution in [0.3, 0.4) is 0 Å². The van der Waals surface area contributed by atoms with E-state index in [-0.39, 0.29) is 17.7 Å². The normalized spacial score (nSPS) is 18.0. The van der Waals surface area contributed by atoms with Gasteiger partial charge in [0.1, 0.15) is 0 Å². The zero-order valence-electron chi connectivity index (χ0n) is 13.3. The Morgan fingerprint density at radius 2 is 1.82 bits per heavy atom. The zero-order valence-corrected chi connectivity index (χ0v) is 13.3. The van der Waals surface area contributed by atoms with Crippen LogP contribution in [0.15, 0.2) is 0 Å². The molecule has 2 aliphatic heterocycles. The highest BCUT2D eigenvalue weighted by atomic mass is 16.5. The molecule has 2 amide bonds. The van der Waals surface area contributed by atoms with E-state index in [9.17, 15) is 9.59 Å². The second kappa shape index (κ2) is 5.72. The van der Waals surface area contributed by atoms with E-state index in [1.54, 1.807) is 14.5 Å². The first-order chi connectivity index (χ1) is 10.5. The number of fused-ring (bicyclic) bond motifs is 1. The molecule has 1 fully saturated rings. The first-order valence-electron chi connectivity index (χ1n) is 7.69. The SMILES string of the molecule is CC(C)C(=O)N1Cc2c(C(=O)N3CCOCC3)nn(C)c2C1. The lowest BCUT2D eigenvalue weighted by Crippen LogP contribution is -2.41. The van der Waals surface area contributed by atoms with Crippen LogP contribution in [-0.4, -0.2) is 57.7 Å². The fraction of sp³-hybridized carbons (Fsp3) is 0.667. The molecule has 3 heterocycles. The lowest BCUT2D eigenvalue weighted by atomic mass is 10.2. The maximum atomic E-state index is 12.7. The number of rotatable bonds is 2. The average Bonchev–Trinajstić information content (AvgIpc) is 3.07. The maximum absolute atomic E-state index is 12.7. The minimum Gasteiger partial charge on any atom is -0.378 e. The van der Waals surface area contributed by atoms with Crippen LogP contribution >= 0.6 is 0 Å². The van der Waals surface area contributed by atoms with Gasteiger partial charge in [0.15, 0.2) is 5.69 Å². The Bertz CT molecular complexity index is 602. The van der Waals surface area contributed by atoms with Gasteiger partial charge in [0.05, 0.1) is 32.0 Å². The van der Waals surface area contributed by atoms with Crippen molar-refractivity contribution in [1.82, 2.24) is 19.6 Å². The van der Waals surface area contributed by atoms with E-state index >= 15 is 0 Å². The standard InChI is InChI=1S/C15H22N4O3/c1-10(2)14(20)19-8-11-12(9-19)17(3)16-13(11)15(21)18-4-6-22-7-5-18/h10H,4-9H2,1-3H3. The van der Waals surface area contributed by atoms with Crippen molar-refractivity contribution in [2.75, 3.05) is 26.3 Å². The summed E-state index contributed by atoms with van der Waals surface area (Å²) in [6, 6.07) is 0. The molecule has 0 spiro atoms. The molecule has 1 aromatic heterocycles. The van der Waals surface area contributed by atoms with Gasteiger partial charge in [0, 0.05) is 31.6 Å². The van der Waals surface area contributed by atoms with Gasteiger partial charge in [-0.2, -0.15) is 5.10 Å². The second-order valence-electron chi connectivity index (χ2n) is 6.15. The summed E-state index contributed by atoms with van der Waals surface area (Å²) in [7, 11) is 1.83. The summed E-state index contributed by atoms with van der Waals surface area (Å²) >= 11 is 0. The molecule has 1 saturated heterocycles. The van der Waals surface area contributed by atoms with Crippen LogP contribution in [0.5, 0.6) is 0 Å². The number of nitrogens with zero attached hydrogens (tertiary/aromatic N) is 4. The molecule has 3 rings (SSSR count). The highest BCUT2D eigenvalue weighted by Gasteiger charge is 2.34. The third kappa shape index (κ3) is 2.49. The average molecular weight is 306 g/mol. The van der Waals surface area contributed by atoms with E-state index in [1.807, 2.05) is 20.9 Å². The summed E-state index contributed by atoms with van der Waals surface area (Å²) in [5.74, 6) is 0.0145. The Morgan fingerprint density at radius 1 is 1.14 bits per heavy atom. The molecule has 0 unspecified atom stereocenters. The molecular weight excluding hydrogens is 284 g/mol. The third-order valence-corrected chi connectivity index (χ3v) is 4.27. The second-order valence-corrected chi connectivity index (χ2v) is 6.15. The molecule has 22 heavy (non-hydrogen) atoms. The van der Waals surface area contributed by atoms with Crippen molar-refractivity contribution < 1.29 is 14.3 Å². The molecule has 0 aromatic carbocycles. The van der Waals surface area contributed by atoms with Gasteiger partial charge in [0.25, 0.3) is 5.91 Å². The van der Waals surface area contributed by atoms with Crippen LogP contribution in [0, 0.1) is 5.92 Å². The van der Waals surface area contributed by atoms with E-state index < -0.39 is 0 Å². The van der Waals surface area contributed by atoms with Gasteiger partial charge in [-0.15, -0.1) is 0 Å². The Balaban J connectivity index is 1.83. The Kier molecular flexibility index (Phi) is 3.90. The van der Waals surface area contributed by atoms with Crippen LogP contribution in [0.2, 0.25) is 0 Å². The minimum absolute atomic E-state index is 0.0410. The Labute approximate surface area is 129 Å². The fourth-order valence-corrected chi connectivity index (χ4v) is 3.00. The topological polar surface area (TPSA) is 67.7 Å².